The molecular formula is C15H21N3OS. The fourth-order valence-electron chi connectivity index (χ4n) is 1.92. The molecular weight excluding hydrogens is 270 g/mol. The normalized spacial score (nSPS) is 12.8. The molecule has 0 spiro atoms. The second-order valence-corrected chi connectivity index (χ2v) is 6.33. The molecule has 0 fully saturated rings. The highest BCUT2D eigenvalue weighted by atomic mass is 32.2. The summed E-state index contributed by atoms with van der Waals surface area (Å²) in [5.41, 5.74) is 0. The topological polar surface area (TPSA) is 50.9 Å². The Morgan fingerprint density at radius 1 is 1.25 bits per heavy atom. The van der Waals surface area contributed by atoms with Crippen LogP contribution in [0.2, 0.25) is 0 Å². The predicted molar refractivity (Wildman–Crippen MR) is 81.7 cm³/mol. The third-order valence-electron chi connectivity index (χ3n) is 2.84. The highest BCUT2D eigenvalue weighted by Gasteiger charge is 2.12. The molecule has 20 heavy (non-hydrogen) atoms. The van der Waals surface area contributed by atoms with E-state index >= 15 is 0 Å². The molecule has 108 valence electrons. The Morgan fingerprint density at radius 2 is 2.00 bits per heavy atom. The van der Waals surface area contributed by atoms with Crippen molar-refractivity contribution in [2.75, 3.05) is 5.75 Å². The predicted octanol–water partition coefficient (Wildman–Crippen LogP) is 2.63. The largest absolute Gasteiger partial charge is 0.392 e. The van der Waals surface area contributed by atoms with Crippen LogP contribution in [0.4, 0.5) is 0 Å². The summed E-state index contributed by atoms with van der Waals surface area (Å²) < 4.78 is 1.89. The number of nitrogens with zero attached hydrogens (tertiary/aromatic N) is 3. The lowest BCUT2D eigenvalue weighted by Crippen LogP contribution is -2.19. The van der Waals surface area contributed by atoms with Crippen LogP contribution in [-0.4, -0.2) is 31.7 Å². The monoisotopic (exact) mass is 291 g/mol. The van der Waals surface area contributed by atoms with Crippen LogP contribution in [0.3, 0.4) is 0 Å². The number of thioether (sulfide) groups is 1. The number of aromatic nitrogens is 3. The first-order valence-corrected chi connectivity index (χ1v) is 7.86. The van der Waals surface area contributed by atoms with Crippen LogP contribution in [0.1, 0.15) is 19.7 Å². The number of benzene rings is 1. The van der Waals surface area contributed by atoms with Crippen molar-refractivity contribution in [3.63, 3.8) is 0 Å². The van der Waals surface area contributed by atoms with Gasteiger partial charge in [-0.1, -0.05) is 32.0 Å². The van der Waals surface area contributed by atoms with Gasteiger partial charge in [-0.3, -0.25) is 0 Å². The standard InChI is InChI=1S/C15H21N3OS/c1-12(2)9-18-15(16-11-17-18)8-13(19)10-20-14-6-4-3-5-7-14/h3-7,11-13,19H,8-10H2,1-2H3. The van der Waals surface area contributed by atoms with Crippen molar-refractivity contribution in [1.82, 2.24) is 14.8 Å². The zero-order valence-corrected chi connectivity index (χ0v) is 12.8. The molecule has 2 aromatic rings. The highest BCUT2D eigenvalue weighted by Crippen LogP contribution is 2.19. The van der Waals surface area contributed by atoms with E-state index in [9.17, 15) is 5.11 Å². The van der Waals surface area contributed by atoms with Crippen molar-refractivity contribution in [2.45, 2.75) is 37.8 Å². The number of aliphatic hydroxyl groups excluding tert-OH is 1. The van der Waals surface area contributed by atoms with Crippen LogP contribution in [0.15, 0.2) is 41.6 Å². The van der Waals surface area contributed by atoms with E-state index in [1.54, 1.807) is 18.1 Å². The third kappa shape index (κ3) is 4.65. The molecule has 0 radical (unpaired) electrons. The molecule has 1 unspecified atom stereocenters. The van der Waals surface area contributed by atoms with Crippen LogP contribution < -0.4 is 0 Å². The Bertz CT molecular complexity index is 513. The molecule has 0 saturated heterocycles. The maximum atomic E-state index is 10.1. The van der Waals surface area contributed by atoms with Gasteiger partial charge in [-0.2, -0.15) is 5.10 Å². The average Bonchev–Trinajstić information content (AvgIpc) is 2.84. The lowest BCUT2D eigenvalue weighted by atomic mass is 10.2. The van der Waals surface area contributed by atoms with Gasteiger partial charge in [0.25, 0.3) is 0 Å². The van der Waals surface area contributed by atoms with E-state index in [-0.39, 0.29) is 0 Å². The summed E-state index contributed by atoms with van der Waals surface area (Å²) >= 11 is 1.66. The molecule has 0 amide bonds. The van der Waals surface area contributed by atoms with E-state index < -0.39 is 6.10 Å². The third-order valence-corrected chi connectivity index (χ3v) is 3.99. The smallest absolute Gasteiger partial charge is 0.138 e. The van der Waals surface area contributed by atoms with Gasteiger partial charge in [-0.25, -0.2) is 9.67 Å². The minimum atomic E-state index is -0.407. The molecule has 0 bridgehead atoms. The van der Waals surface area contributed by atoms with E-state index in [2.05, 4.69) is 36.1 Å². The molecule has 1 atom stereocenters. The second kappa shape index (κ2) is 7.45. The van der Waals surface area contributed by atoms with Gasteiger partial charge >= 0.3 is 0 Å². The van der Waals surface area contributed by atoms with Crippen LogP contribution in [0.25, 0.3) is 0 Å². The van der Waals surface area contributed by atoms with E-state index in [1.807, 2.05) is 22.9 Å². The molecule has 5 heteroatoms. The minimum Gasteiger partial charge on any atom is -0.392 e. The zero-order valence-electron chi connectivity index (χ0n) is 11.9. The summed E-state index contributed by atoms with van der Waals surface area (Å²) in [6.45, 7) is 5.13. The summed E-state index contributed by atoms with van der Waals surface area (Å²) in [5.74, 6) is 2.05. The van der Waals surface area contributed by atoms with Gasteiger partial charge in [-0.15, -0.1) is 11.8 Å². The first-order valence-electron chi connectivity index (χ1n) is 6.87. The second-order valence-electron chi connectivity index (χ2n) is 5.23. The molecule has 1 heterocycles. The fourth-order valence-corrected chi connectivity index (χ4v) is 2.78. The van der Waals surface area contributed by atoms with Gasteiger partial charge < -0.3 is 5.11 Å². The minimum absolute atomic E-state index is 0.407. The number of aliphatic hydroxyl groups is 1. The van der Waals surface area contributed by atoms with Crippen molar-refractivity contribution >= 4 is 11.8 Å². The van der Waals surface area contributed by atoms with Gasteiger partial charge in [0.1, 0.15) is 12.2 Å². The average molecular weight is 291 g/mol. The Labute approximate surface area is 124 Å². The Balaban J connectivity index is 1.85. The number of hydrogen-bond acceptors (Lipinski definition) is 4. The van der Waals surface area contributed by atoms with Crippen molar-refractivity contribution in [2.24, 2.45) is 5.92 Å². The van der Waals surface area contributed by atoms with Crippen LogP contribution in [-0.2, 0) is 13.0 Å². The molecule has 2 rings (SSSR count). The van der Waals surface area contributed by atoms with Gasteiger partial charge in [-0.05, 0) is 18.1 Å². The Kier molecular flexibility index (Phi) is 5.61. The SMILES string of the molecule is CC(C)Cn1ncnc1CC(O)CSc1ccccc1. The van der Waals surface area contributed by atoms with Crippen LogP contribution in [0, 0.1) is 5.92 Å². The summed E-state index contributed by atoms with van der Waals surface area (Å²) in [6.07, 6.45) is 1.71. The lowest BCUT2D eigenvalue weighted by Gasteiger charge is -2.12. The van der Waals surface area contributed by atoms with E-state index in [4.69, 9.17) is 0 Å². The first-order chi connectivity index (χ1) is 9.65. The van der Waals surface area contributed by atoms with E-state index in [1.165, 1.54) is 4.90 Å². The van der Waals surface area contributed by atoms with Crippen molar-refractivity contribution < 1.29 is 5.11 Å². The molecule has 4 nitrogen and oxygen atoms in total. The summed E-state index contributed by atoms with van der Waals surface area (Å²) in [7, 11) is 0. The molecule has 1 aromatic carbocycles. The van der Waals surface area contributed by atoms with Crippen molar-refractivity contribution in [3.05, 3.63) is 42.5 Å². The van der Waals surface area contributed by atoms with Crippen LogP contribution >= 0.6 is 11.8 Å². The number of rotatable bonds is 7. The van der Waals surface area contributed by atoms with Crippen molar-refractivity contribution in [1.29, 1.82) is 0 Å². The maximum Gasteiger partial charge on any atom is 0.138 e. The first kappa shape index (κ1) is 15.1. The fraction of sp³-hybridized carbons (Fsp3) is 0.467. The van der Waals surface area contributed by atoms with Gasteiger partial charge in [0, 0.05) is 23.6 Å². The molecule has 0 aliphatic carbocycles. The molecule has 0 aliphatic heterocycles. The van der Waals surface area contributed by atoms with Crippen LogP contribution in [0.5, 0.6) is 0 Å². The van der Waals surface area contributed by atoms with E-state index in [0.29, 0.717) is 18.1 Å². The van der Waals surface area contributed by atoms with Gasteiger partial charge in [0.2, 0.25) is 0 Å². The lowest BCUT2D eigenvalue weighted by molar-refractivity contribution is 0.195. The quantitative estimate of drug-likeness (QED) is 0.797. The molecule has 1 aromatic heterocycles. The summed E-state index contributed by atoms with van der Waals surface area (Å²) in [4.78, 5) is 5.42. The number of hydrogen-bond donors (Lipinski definition) is 1. The summed E-state index contributed by atoms with van der Waals surface area (Å²) in [5, 5.41) is 14.4. The highest BCUT2D eigenvalue weighted by molar-refractivity contribution is 7.99. The zero-order chi connectivity index (χ0) is 14.4. The molecule has 1 N–H and O–H groups in total. The Morgan fingerprint density at radius 3 is 2.70 bits per heavy atom. The van der Waals surface area contributed by atoms with Crippen molar-refractivity contribution in [3.8, 4) is 0 Å². The van der Waals surface area contributed by atoms with E-state index in [0.717, 1.165) is 12.4 Å². The van der Waals surface area contributed by atoms with Gasteiger partial charge in [0.15, 0.2) is 0 Å². The maximum absolute atomic E-state index is 10.1. The summed E-state index contributed by atoms with van der Waals surface area (Å²) in [6, 6.07) is 10.1. The van der Waals surface area contributed by atoms with Gasteiger partial charge in [0.05, 0.1) is 6.10 Å². The Hall–Kier alpha value is -1.33. The molecule has 0 saturated carbocycles. The molecule has 0 aliphatic rings.